The molecule has 6 heteroatoms. The van der Waals surface area contributed by atoms with Gasteiger partial charge in [0, 0.05) is 50.6 Å². The summed E-state index contributed by atoms with van der Waals surface area (Å²) >= 11 is 0. The van der Waals surface area contributed by atoms with E-state index in [0.29, 0.717) is 0 Å². The van der Waals surface area contributed by atoms with Crippen LogP contribution < -0.4 is 4.74 Å². The summed E-state index contributed by atoms with van der Waals surface area (Å²) in [7, 11) is 0. The van der Waals surface area contributed by atoms with Crippen LogP contribution in [0.3, 0.4) is 0 Å². The van der Waals surface area contributed by atoms with Crippen molar-refractivity contribution in [1.29, 1.82) is 0 Å². The van der Waals surface area contributed by atoms with Gasteiger partial charge in [0.1, 0.15) is 28.4 Å². The molecule has 0 amide bonds. The molecule has 0 aliphatic carbocycles. The molecule has 0 aliphatic rings. The molecule has 0 unspecified atom stereocenters. The first-order valence-corrected chi connectivity index (χ1v) is 18.9. The van der Waals surface area contributed by atoms with Gasteiger partial charge in [0.05, 0.1) is 22.6 Å². The molecule has 5 heterocycles. The predicted molar refractivity (Wildman–Crippen MR) is 229 cm³/mol. The second kappa shape index (κ2) is 12.4. The average Bonchev–Trinajstić information content (AvgIpc) is 3.85. The van der Waals surface area contributed by atoms with Crippen LogP contribution in [-0.2, 0) is 0 Å². The Kier molecular flexibility index (Phi) is 7.10. The van der Waals surface area contributed by atoms with Crippen LogP contribution in [0.4, 0.5) is 0 Å². The zero-order chi connectivity index (χ0) is 37.5. The zero-order valence-electron chi connectivity index (χ0n) is 31.2. The molecule has 0 bridgehead atoms. The van der Waals surface area contributed by atoms with Gasteiger partial charge >= 0.3 is 0 Å². The number of aromatic nitrogens is 5. The fourth-order valence-corrected chi connectivity index (χ4v) is 8.78. The lowest BCUT2D eigenvalue weighted by molar-refractivity contribution is 0.484. The van der Waals surface area contributed by atoms with Crippen molar-refractivity contribution >= 4 is 54.8 Å². The van der Waals surface area contributed by atoms with E-state index in [1.807, 2.05) is 24.4 Å². The van der Waals surface area contributed by atoms with E-state index in [-0.39, 0.29) is 0 Å². The lowest BCUT2D eigenvalue weighted by Gasteiger charge is -2.13. The molecular weight excluding hydrogens is 687 g/mol. The number of hydrogen-bond donors (Lipinski definition) is 0. The molecule has 0 saturated carbocycles. The number of nitrogens with zero attached hydrogens (tertiary/aromatic N) is 5. The van der Waals surface area contributed by atoms with Crippen LogP contribution in [0, 0.1) is 20.8 Å². The quantitative estimate of drug-likeness (QED) is 0.166. The summed E-state index contributed by atoms with van der Waals surface area (Å²) in [5.41, 5.74) is 13.6. The van der Waals surface area contributed by atoms with Crippen molar-refractivity contribution in [3.8, 4) is 45.3 Å². The van der Waals surface area contributed by atoms with E-state index < -0.39 is 0 Å². The summed E-state index contributed by atoms with van der Waals surface area (Å²) in [5.74, 6) is 1.46. The highest BCUT2D eigenvalue weighted by Gasteiger charge is 2.22. The maximum Gasteiger partial charge on any atom is 0.147 e. The van der Waals surface area contributed by atoms with Crippen molar-refractivity contribution in [1.82, 2.24) is 23.8 Å². The van der Waals surface area contributed by atoms with Gasteiger partial charge in [-0.3, -0.25) is 8.80 Å². The van der Waals surface area contributed by atoms with Crippen molar-refractivity contribution in [2.75, 3.05) is 0 Å². The summed E-state index contributed by atoms with van der Waals surface area (Å²) in [6.45, 7) is 6.46. The SMILES string of the molecule is Cc1cc(C)c(-c2cn3c4ncccc4c4ccc(Oc5ccc6c7ccccc7n7c(-c8ccccc8)c(-c8ccccc8)nc7c6c5)cc4c3n2)c(C)c1. The zero-order valence-corrected chi connectivity index (χ0v) is 31.2. The molecule has 266 valence electrons. The molecule has 0 radical (unpaired) electrons. The summed E-state index contributed by atoms with van der Waals surface area (Å²) < 4.78 is 11.2. The Bertz CT molecular complexity index is 3340. The third kappa shape index (κ3) is 4.92. The Hall–Kier alpha value is -7.31. The van der Waals surface area contributed by atoms with Gasteiger partial charge in [-0.1, -0.05) is 96.6 Å². The van der Waals surface area contributed by atoms with Crippen LogP contribution in [-0.4, -0.2) is 23.8 Å². The Labute approximate surface area is 322 Å². The number of rotatable bonds is 5. The Balaban J connectivity index is 1.11. The van der Waals surface area contributed by atoms with Crippen molar-refractivity contribution in [2.24, 2.45) is 0 Å². The number of imidazole rings is 2. The Morgan fingerprint density at radius 2 is 1.12 bits per heavy atom. The number of para-hydroxylation sites is 1. The molecule has 0 fully saturated rings. The van der Waals surface area contributed by atoms with Crippen LogP contribution in [0.5, 0.6) is 11.5 Å². The Morgan fingerprint density at radius 3 is 1.86 bits per heavy atom. The van der Waals surface area contributed by atoms with E-state index in [4.69, 9.17) is 19.7 Å². The fourth-order valence-electron chi connectivity index (χ4n) is 8.78. The smallest absolute Gasteiger partial charge is 0.147 e. The number of benzene rings is 6. The molecule has 0 N–H and O–H groups in total. The molecule has 5 aromatic heterocycles. The van der Waals surface area contributed by atoms with Crippen LogP contribution >= 0.6 is 0 Å². The van der Waals surface area contributed by atoms with E-state index >= 15 is 0 Å². The highest BCUT2D eigenvalue weighted by Crippen LogP contribution is 2.41. The second-order valence-corrected chi connectivity index (χ2v) is 14.7. The largest absolute Gasteiger partial charge is 0.457 e. The Morgan fingerprint density at radius 1 is 0.500 bits per heavy atom. The molecule has 0 spiro atoms. The number of pyridine rings is 3. The van der Waals surface area contributed by atoms with Gasteiger partial charge in [0.25, 0.3) is 0 Å². The van der Waals surface area contributed by atoms with E-state index in [9.17, 15) is 0 Å². The minimum absolute atomic E-state index is 0.726. The number of fused-ring (bicyclic) bond motifs is 12. The van der Waals surface area contributed by atoms with Gasteiger partial charge in [-0.25, -0.2) is 15.0 Å². The van der Waals surface area contributed by atoms with Crippen LogP contribution in [0.2, 0.25) is 0 Å². The van der Waals surface area contributed by atoms with Crippen molar-refractivity contribution in [3.63, 3.8) is 0 Å². The van der Waals surface area contributed by atoms with E-state index in [1.54, 1.807) is 0 Å². The maximum absolute atomic E-state index is 6.78. The minimum Gasteiger partial charge on any atom is -0.457 e. The van der Waals surface area contributed by atoms with E-state index in [0.717, 1.165) is 100 Å². The second-order valence-electron chi connectivity index (χ2n) is 14.7. The van der Waals surface area contributed by atoms with Crippen molar-refractivity contribution in [3.05, 3.63) is 175 Å². The molecule has 11 aromatic rings. The summed E-state index contributed by atoms with van der Waals surface area (Å²) in [6, 6.07) is 50.8. The lowest BCUT2D eigenvalue weighted by Crippen LogP contribution is -1.95. The van der Waals surface area contributed by atoms with Crippen LogP contribution in [0.15, 0.2) is 158 Å². The average molecular weight is 722 g/mol. The predicted octanol–water partition coefficient (Wildman–Crippen LogP) is 12.7. The highest BCUT2D eigenvalue weighted by atomic mass is 16.5. The lowest BCUT2D eigenvalue weighted by atomic mass is 9.98. The number of aryl methyl sites for hydroxylation is 3. The monoisotopic (exact) mass is 721 g/mol. The summed E-state index contributed by atoms with van der Waals surface area (Å²) in [4.78, 5) is 15.5. The van der Waals surface area contributed by atoms with Crippen molar-refractivity contribution < 1.29 is 4.74 Å². The third-order valence-electron chi connectivity index (χ3n) is 11.1. The first-order chi connectivity index (χ1) is 27.5. The van der Waals surface area contributed by atoms with E-state index in [1.165, 1.54) is 16.7 Å². The summed E-state index contributed by atoms with van der Waals surface area (Å²) in [6.07, 6.45) is 3.97. The molecule has 0 saturated heterocycles. The molecule has 6 aromatic carbocycles. The number of ether oxygens (including phenoxy) is 1. The first-order valence-electron chi connectivity index (χ1n) is 18.9. The highest BCUT2D eigenvalue weighted by molar-refractivity contribution is 6.14. The van der Waals surface area contributed by atoms with Gasteiger partial charge in [0.15, 0.2) is 0 Å². The molecule has 0 atom stereocenters. The molecular formula is C50H35N5O. The van der Waals surface area contributed by atoms with Crippen LogP contribution in [0.1, 0.15) is 16.7 Å². The molecule has 0 aliphatic heterocycles. The fraction of sp³-hybridized carbons (Fsp3) is 0.0600. The van der Waals surface area contributed by atoms with Gasteiger partial charge in [-0.15, -0.1) is 0 Å². The van der Waals surface area contributed by atoms with Gasteiger partial charge in [-0.05, 0) is 97.3 Å². The normalized spacial score (nSPS) is 11.8. The topological polar surface area (TPSA) is 56.7 Å². The molecule has 56 heavy (non-hydrogen) atoms. The molecule has 11 rings (SSSR count). The van der Waals surface area contributed by atoms with Gasteiger partial charge in [-0.2, -0.15) is 0 Å². The van der Waals surface area contributed by atoms with Crippen molar-refractivity contribution in [2.45, 2.75) is 20.8 Å². The minimum atomic E-state index is 0.726. The summed E-state index contributed by atoms with van der Waals surface area (Å²) in [5, 5.41) is 6.43. The first kappa shape index (κ1) is 32.1. The van der Waals surface area contributed by atoms with Gasteiger partial charge in [0.2, 0.25) is 0 Å². The standard InChI is InChI=1S/C50H35N5O/c1-30-25-31(2)45(32(3)26-30)43-29-54-48-40(18-12-24-51-48)38-23-21-35(27-41(38)49(54)52-43)56-36-20-22-37-39-17-10-11-19-44(39)55-47(34-15-8-5-9-16-34)46(33-13-6-4-7-14-33)53-50(55)42(37)28-36/h4-29H,1-3H3. The van der Waals surface area contributed by atoms with Crippen LogP contribution in [0.25, 0.3) is 88.5 Å². The van der Waals surface area contributed by atoms with E-state index in [2.05, 4.69) is 163 Å². The van der Waals surface area contributed by atoms with Gasteiger partial charge < -0.3 is 4.74 Å². The molecule has 6 nitrogen and oxygen atoms in total. The number of hydrogen-bond acceptors (Lipinski definition) is 4. The maximum atomic E-state index is 6.78. The third-order valence-corrected chi connectivity index (χ3v) is 11.1.